The normalized spacial score (nSPS) is 15.7. The van der Waals surface area contributed by atoms with E-state index in [0.29, 0.717) is 29.7 Å². The third kappa shape index (κ3) is 3.15. The maximum atomic E-state index is 13.0. The quantitative estimate of drug-likeness (QED) is 0.687. The van der Waals surface area contributed by atoms with Gasteiger partial charge in [0, 0.05) is 31.0 Å². The number of hydrogen-bond donors (Lipinski definition) is 0. The number of sulfonamides is 1. The molecule has 1 saturated heterocycles. The lowest BCUT2D eigenvalue weighted by molar-refractivity contribution is 0.216. The van der Waals surface area contributed by atoms with Gasteiger partial charge in [0.05, 0.1) is 10.8 Å². The number of rotatable bonds is 4. The molecule has 2 aromatic heterocycles. The SMILES string of the molecule is Cc1cc(C)c(S(=O)(=O)N2CC(c3nc(-c4ccncc4)no3)C2)cc1C. The zero-order valence-electron chi connectivity index (χ0n) is 15.4. The summed E-state index contributed by atoms with van der Waals surface area (Å²) in [6.45, 7) is 6.41. The molecule has 1 aliphatic rings. The molecule has 0 amide bonds. The fourth-order valence-electron chi connectivity index (χ4n) is 3.16. The van der Waals surface area contributed by atoms with Gasteiger partial charge in [0.1, 0.15) is 0 Å². The molecule has 0 N–H and O–H groups in total. The molecule has 0 bridgehead atoms. The summed E-state index contributed by atoms with van der Waals surface area (Å²) in [5.41, 5.74) is 3.63. The summed E-state index contributed by atoms with van der Waals surface area (Å²) in [6, 6.07) is 7.27. The van der Waals surface area contributed by atoms with Gasteiger partial charge in [-0.25, -0.2) is 8.42 Å². The van der Waals surface area contributed by atoms with Crippen LogP contribution in [0.3, 0.4) is 0 Å². The van der Waals surface area contributed by atoms with E-state index >= 15 is 0 Å². The van der Waals surface area contributed by atoms with Crippen molar-refractivity contribution in [3.63, 3.8) is 0 Å². The smallest absolute Gasteiger partial charge is 0.243 e. The summed E-state index contributed by atoms with van der Waals surface area (Å²) in [6.07, 6.45) is 3.32. The number of benzene rings is 1. The summed E-state index contributed by atoms with van der Waals surface area (Å²) >= 11 is 0. The largest absolute Gasteiger partial charge is 0.339 e. The topological polar surface area (TPSA) is 89.2 Å². The van der Waals surface area contributed by atoms with Gasteiger partial charge >= 0.3 is 0 Å². The van der Waals surface area contributed by atoms with E-state index in [9.17, 15) is 8.42 Å². The standard InChI is InChI=1S/C19H20N4O3S/c1-12-8-14(3)17(9-13(12)2)27(24,25)23-10-16(11-23)19-21-18(22-26-19)15-4-6-20-7-5-15/h4-9,16H,10-11H2,1-3H3. The Balaban J connectivity index is 1.51. The average Bonchev–Trinajstić information content (AvgIpc) is 3.07. The average molecular weight is 384 g/mol. The van der Waals surface area contributed by atoms with Crippen molar-refractivity contribution < 1.29 is 12.9 Å². The van der Waals surface area contributed by atoms with E-state index in [4.69, 9.17) is 4.52 Å². The second-order valence-electron chi connectivity index (χ2n) is 6.91. The number of aryl methyl sites for hydroxylation is 3. The zero-order valence-corrected chi connectivity index (χ0v) is 16.2. The summed E-state index contributed by atoms with van der Waals surface area (Å²) in [7, 11) is -3.52. The van der Waals surface area contributed by atoms with Gasteiger partial charge in [-0.1, -0.05) is 11.2 Å². The monoisotopic (exact) mass is 384 g/mol. The van der Waals surface area contributed by atoms with Crippen molar-refractivity contribution in [2.75, 3.05) is 13.1 Å². The van der Waals surface area contributed by atoms with Crippen molar-refractivity contribution in [2.24, 2.45) is 0 Å². The van der Waals surface area contributed by atoms with Crippen LogP contribution < -0.4 is 0 Å². The van der Waals surface area contributed by atoms with Gasteiger partial charge in [-0.2, -0.15) is 9.29 Å². The lowest BCUT2D eigenvalue weighted by Gasteiger charge is -2.36. The van der Waals surface area contributed by atoms with Gasteiger partial charge in [0.2, 0.25) is 21.7 Å². The van der Waals surface area contributed by atoms with Crippen LogP contribution in [0.25, 0.3) is 11.4 Å². The first kappa shape index (κ1) is 17.8. The van der Waals surface area contributed by atoms with Crippen molar-refractivity contribution in [2.45, 2.75) is 31.6 Å². The molecule has 0 aliphatic carbocycles. The van der Waals surface area contributed by atoms with Gasteiger partial charge in [0.25, 0.3) is 0 Å². The molecule has 0 atom stereocenters. The van der Waals surface area contributed by atoms with Gasteiger partial charge in [-0.15, -0.1) is 0 Å². The Bertz CT molecular complexity index is 1090. The minimum atomic E-state index is -3.52. The maximum absolute atomic E-state index is 13.0. The van der Waals surface area contributed by atoms with Crippen LogP contribution >= 0.6 is 0 Å². The van der Waals surface area contributed by atoms with Crippen LogP contribution in [0.2, 0.25) is 0 Å². The van der Waals surface area contributed by atoms with E-state index in [2.05, 4.69) is 15.1 Å². The first-order chi connectivity index (χ1) is 12.9. The molecular formula is C19H20N4O3S. The van der Waals surface area contributed by atoms with Gasteiger partial charge in [-0.05, 0) is 55.7 Å². The van der Waals surface area contributed by atoms with Crippen LogP contribution in [0.15, 0.2) is 46.1 Å². The maximum Gasteiger partial charge on any atom is 0.243 e. The molecule has 1 aliphatic heterocycles. The Kier molecular flexibility index (Phi) is 4.32. The van der Waals surface area contributed by atoms with Crippen LogP contribution in [-0.4, -0.2) is 40.9 Å². The second kappa shape index (κ2) is 6.54. The van der Waals surface area contributed by atoms with E-state index in [-0.39, 0.29) is 5.92 Å². The molecule has 4 rings (SSSR count). The summed E-state index contributed by atoms with van der Waals surface area (Å²) in [5.74, 6) is 0.860. The molecule has 8 heteroatoms. The zero-order chi connectivity index (χ0) is 19.2. The molecule has 3 heterocycles. The van der Waals surface area contributed by atoms with Gasteiger partial charge in [-0.3, -0.25) is 4.98 Å². The molecule has 0 radical (unpaired) electrons. The Labute approximate surface area is 158 Å². The predicted octanol–water partition coefficient (Wildman–Crippen LogP) is 2.84. The first-order valence-electron chi connectivity index (χ1n) is 8.68. The highest BCUT2D eigenvalue weighted by Gasteiger charge is 2.41. The van der Waals surface area contributed by atoms with E-state index < -0.39 is 10.0 Å². The van der Waals surface area contributed by atoms with Crippen LogP contribution in [0.1, 0.15) is 28.5 Å². The summed E-state index contributed by atoms with van der Waals surface area (Å²) in [5, 5.41) is 3.99. The van der Waals surface area contributed by atoms with Crippen molar-refractivity contribution in [1.82, 2.24) is 19.4 Å². The highest BCUT2D eigenvalue weighted by Crippen LogP contribution is 2.33. The molecule has 7 nitrogen and oxygen atoms in total. The number of aromatic nitrogens is 3. The Hall–Kier alpha value is -2.58. The second-order valence-corrected chi connectivity index (χ2v) is 8.82. The number of nitrogens with zero attached hydrogens (tertiary/aromatic N) is 4. The van der Waals surface area contributed by atoms with E-state index in [1.54, 1.807) is 30.6 Å². The molecule has 1 fully saturated rings. The minimum Gasteiger partial charge on any atom is -0.339 e. The molecule has 140 valence electrons. The minimum absolute atomic E-state index is 0.0882. The Morgan fingerprint density at radius 3 is 2.41 bits per heavy atom. The molecule has 0 unspecified atom stereocenters. The van der Waals surface area contributed by atoms with E-state index in [1.165, 1.54) is 4.31 Å². The van der Waals surface area contributed by atoms with Gasteiger partial charge in [0.15, 0.2) is 0 Å². The highest BCUT2D eigenvalue weighted by atomic mass is 32.2. The summed E-state index contributed by atoms with van der Waals surface area (Å²) in [4.78, 5) is 8.74. The lowest BCUT2D eigenvalue weighted by atomic mass is 10.0. The van der Waals surface area contributed by atoms with E-state index in [1.807, 2.05) is 26.8 Å². The molecule has 27 heavy (non-hydrogen) atoms. The molecular weight excluding hydrogens is 364 g/mol. The number of hydrogen-bond acceptors (Lipinski definition) is 6. The highest BCUT2D eigenvalue weighted by molar-refractivity contribution is 7.89. The Morgan fingerprint density at radius 2 is 1.70 bits per heavy atom. The predicted molar refractivity (Wildman–Crippen MR) is 99.7 cm³/mol. The van der Waals surface area contributed by atoms with Crippen LogP contribution in [0, 0.1) is 20.8 Å². The Morgan fingerprint density at radius 1 is 1.04 bits per heavy atom. The van der Waals surface area contributed by atoms with Gasteiger partial charge < -0.3 is 4.52 Å². The molecule has 3 aromatic rings. The molecule has 1 aromatic carbocycles. The number of pyridine rings is 1. The van der Waals surface area contributed by atoms with Crippen molar-refractivity contribution in [1.29, 1.82) is 0 Å². The first-order valence-corrected chi connectivity index (χ1v) is 10.1. The van der Waals surface area contributed by atoms with Crippen molar-refractivity contribution >= 4 is 10.0 Å². The third-order valence-corrected chi connectivity index (χ3v) is 6.96. The third-order valence-electron chi connectivity index (χ3n) is 4.99. The fraction of sp³-hybridized carbons (Fsp3) is 0.316. The van der Waals surface area contributed by atoms with Crippen LogP contribution in [0.5, 0.6) is 0 Å². The van der Waals surface area contributed by atoms with Crippen LogP contribution in [0.4, 0.5) is 0 Å². The van der Waals surface area contributed by atoms with E-state index in [0.717, 1.165) is 22.3 Å². The van der Waals surface area contributed by atoms with Crippen LogP contribution in [-0.2, 0) is 10.0 Å². The molecule has 0 saturated carbocycles. The fourth-order valence-corrected chi connectivity index (χ4v) is 4.98. The summed E-state index contributed by atoms with van der Waals surface area (Å²) < 4.78 is 32.7. The van der Waals surface area contributed by atoms with Crippen molar-refractivity contribution in [3.8, 4) is 11.4 Å². The lowest BCUT2D eigenvalue weighted by Crippen LogP contribution is -2.48. The molecule has 0 spiro atoms. The van der Waals surface area contributed by atoms with Crippen molar-refractivity contribution in [3.05, 3.63) is 59.2 Å².